The summed E-state index contributed by atoms with van der Waals surface area (Å²) in [6, 6.07) is -0.0414. The SMILES string of the molecule is CC(C)C(CCNC(=O)C1CCCCN1)CCC(=O)O. The van der Waals surface area contributed by atoms with Crippen molar-refractivity contribution in [3.8, 4) is 0 Å². The predicted molar refractivity (Wildman–Crippen MR) is 78.5 cm³/mol. The molecule has 0 spiro atoms. The summed E-state index contributed by atoms with van der Waals surface area (Å²) in [4.78, 5) is 22.6. The Kier molecular flexibility index (Phi) is 7.59. The molecule has 2 atom stereocenters. The van der Waals surface area contributed by atoms with Gasteiger partial charge in [0.15, 0.2) is 0 Å². The van der Waals surface area contributed by atoms with Gasteiger partial charge in [-0.2, -0.15) is 0 Å². The van der Waals surface area contributed by atoms with E-state index in [0.717, 1.165) is 32.2 Å². The van der Waals surface area contributed by atoms with Crippen LogP contribution in [0.3, 0.4) is 0 Å². The Bertz CT molecular complexity index is 312. The Morgan fingerprint density at radius 2 is 2.05 bits per heavy atom. The third-order valence-electron chi connectivity index (χ3n) is 4.11. The van der Waals surface area contributed by atoms with Gasteiger partial charge in [-0.05, 0) is 44.1 Å². The molecule has 0 aromatic rings. The van der Waals surface area contributed by atoms with Crippen LogP contribution in [-0.4, -0.2) is 36.1 Å². The Morgan fingerprint density at radius 1 is 1.30 bits per heavy atom. The summed E-state index contributed by atoms with van der Waals surface area (Å²) in [7, 11) is 0. The minimum absolute atomic E-state index is 0.0414. The first-order valence-corrected chi connectivity index (χ1v) is 7.73. The highest BCUT2D eigenvalue weighted by atomic mass is 16.4. The molecule has 1 amide bonds. The van der Waals surface area contributed by atoms with Crippen LogP contribution in [0.4, 0.5) is 0 Å². The summed E-state index contributed by atoms with van der Waals surface area (Å²) in [5.74, 6) is 0.140. The van der Waals surface area contributed by atoms with Crippen molar-refractivity contribution in [2.24, 2.45) is 11.8 Å². The number of carboxylic acid groups (broad SMARTS) is 1. The van der Waals surface area contributed by atoms with E-state index in [1.807, 2.05) is 0 Å². The monoisotopic (exact) mass is 284 g/mol. The fourth-order valence-corrected chi connectivity index (χ4v) is 2.70. The van der Waals surface area contributed by atoms with Crippen LogP contribution in [0.15, 0.2) is 0 Å². The lowest BCUT2D eigenvalue weighted by molar-refractivity contribution is -0.137. The van der Waals surface area contributed by atoms with Crippen molar-refractivity contribution in [2.75, 3.05) is 13.1 Å². The van der Waals surface area contributed by atoms with Crippen LogP contribution >= 0.6 is 0 Å². The van der Waals surface area contributed by atoms with Gasteiger partial charge in [-0.15, -0.1) is 0 Å². The summed E-state index contributed by atoms with van der Waals surface area (Å²) in [6.07, 6.45) is 4.92. The highest BCUT2D eigenvalue weighted by Crippen LogP contribution is 2.20. The van der Waals surface area contributed by atoms with Crippen molar-refractivity contribution >= 4 is 11.9 Å². The maximum Gasteiger partial charge on any atom is 0.303 e. The Labute approximate surface area is 121 Å². The molecule has 0 bridgehead atoms. The lowest BCUT2D eigenvalue weighted by atomic mass is 9.88. The zero-order chi connectivity index (χ0) is 15.0. The van der Waals surface area contributed by atoms with Gasteiger partial charge in [0.25, 0.3) is 0 Å². The number of rotatable bonds is 8. The second-order valence-corrected chi connectivity index (χ2v) is 6.02. The van der Waals surface area contributed by atoms with Crippen molar-refractivity contribution < 1.29 is 14.7 Å². The van der Waals surface area contributed by atoms with Crippen LogP contribution < -0.4 is 10.6 Å². The molecule has 0 radical (unpaired) electrons. The molecule has 1 aliphatic heterocycles. The van der Waals surface area contributed by atoms with Crippen LogP contribution in [0.2, 0.25) is 0 Å². The maximum atomic E-state index is 11.9. The van der Waals surface area contributed by atoms with E-state index in [2.05, 4.69) is 24.5 Å². The average molecular weight is 284 g/mol. The summed E-state index contributed by atoms with van der Waals surface area (Å²) in [5, 5.41) is 15.0. The molecule has 1 heterocycles. The largest absolute Gasteiger partial charge is 0.481 e. The molecule has 5 heteroatoms. The topological polar surface area (TPSA) is 78.4 Å². The van der Waals surface area contributed by atoms with E-state index in [1.165, 1.54) is 0 Å². The summed E-state index contributed by atoms with van der Waals surface area (Å²) in [5.41, 5.74) is 0. The Hall–Kier alpha value is -1.10. The standard InChI is InChI=1S/C15H28N2O3/c1-11(2)12(6-7-14(18)19)8-10-17-15(20)13-5-3-4-9-16-13/h11-13,16H,3-10H2,1-2H3,(H,17,20)(H,18,19). The highest BCUT2D eigenvalue weighted by Gasteiger charge is 2.21. The van der Waals surface area contributed by atoms with Gasteiger partial charge in [0, 0.05) is 13.0 Å². The summed E-state index contributed by atoms with van der Waals surface area (Å²) >= 11 is 0. The van der Waals surface area contributed by atoms with Crippen molar-refractivity contribution in [1.82, 2.24) is 10.6 Å². The third-order valence-corrected chi connectivity index (χ3v) is 4.11. The number of amides is 1. The van der Waals surface area contributed by atoms with E-state index in [-0.39, 0.29) is 18.4 Å². The molecule has 2 unspecified atom stereocenters. The molecule has 0 aromatic carbocycles. The minimum atomic E-state index is -0.744. The molecule has 0 saturated carbocycles. The molecule has 1 aliphatic rings. The maximum absolute atomic E-state index is 11.9. The number of carboxylic acids is 1. The lowest BCUT2D eigenvalue weighted by Gasteiger charge is -2.24. The van der Waals surface area contributed by atoms with E-state index in [0.29, 0.717) is 24.8 Å². The lowest BCUT2D eigenvalue weighted by Crippen LogP contribution is -2.47. The first-order chi connectivity index (χ1) is 9.50. The van der Waals surface area contributed by atoms with Crippen LogP contribution in [0.1, 0.15) is 52.4 Å². The van der Waals surface area contributed by atoms with E-state index < -0.39 is 5.97 Å². The number of aliphatic carboxylic acids is 1. The van der Waals surface area contributed by atoms with Crippen LogP contribution in [0.25, 0.3) is 0 Å². The molecular formula is C15H28N2O3. The smallest absolute Gasteiger partial charge is 0.303 e. The van der Waals surface area contributed by atoms with Crippen LogP contribution in [0.5, 0.6) is 0 Å². The van der Waals surface area contributed by atoms with Gasteiger partial charge in [0.2, 0.25) is 5.91 Å². The van der Waals surface area contributed by atoms with Gasteiger partial charge in [-0.25, -0.2) is 0 Å². The zero-order valence-electron chi connectivity index (χ0n) is 12.7. The molecule has 1 fully saturated rings. The average Bonchev–Trinajstić information content (AvgIpc) is 2.42. The van der Waals surface area contributed by atoms with Crippen LogP contribution in [0, 0.1) is 11.8 Å². The van der Waals surface area contributed by atoms with Gasteiger partial charge in [0.1, 0.15) is 0 Å². The molecule has 1 rings (SSSR count). The van der Waals surface area contributed by atoms with Crippen LogP contribution in [-0.2, 0) is 9.59 Å². The number of hydrogen-bond donors (Lipinski definition) is 3. The molecular weight excluding hydrogens is 256 g/mol. The van der Waals surface area contributed by atoms with Crippen molar-refractivity contribution in [2.45, 2.75) is 58.4 Å². The Balaban J connectivity index is 2.25. The van der Waals surface area contributed by atoms with E-state index in [4.69, 9.17) is 5.11 Å². The summed E-state index contributed by atoms with van der Waals surface area (Å²) < 4.78 is 0. The van der Waals surface area contributed by atoms with Gasteiger partial charge in [-0.1, -0.05) is 20.3 Å². The molecule has 20 heavy (non-hydrogen) atoms. The molecule has 116 valence electrons. The summed E-state index contributed by atoms with van der Waals surface area (Å²) in [6.45, 7) is 5.78. The first-order valence-electron chi connectivity index (χ1n) is 7.73. The number of hydrogen-bond acceptors (Lipinski definition) is 3. The van der Waals surface area contributed by atoms with E-state index in [1.54, 1.807) is 0 Å². The number of nitrogens with one attached hydrogen (secondary N) is 2. The second-order valence-electron chi connectivity index (χ2n) is 6.02. The van der Waals surface area contributed by atoms with Crippen molar-refractivity contribution in [3.63, 3.8) is 0 Å². The number of carbonyl (C=O) groups is 2. The third kappa shape index (κ3) is 6.37. The van der Waals surface area contributed by atoms with Gasteiger partial charge >= 0.3 is 5.97 Å². The zero-order valence-corrected chi connectivity index (χ0v) is 12.7. The van der Waals surface area contributed by atoms with Gasteiger partial charge in [0.05, 0.1) is 6.04 Å². The fourth-order valence-electron chi connectivity index (χ4n) is 2.70. The van der Waals surface area contributed by atoms with Gasteiger partial charge in [-0.3, -0.25) is 9.59 Å². The molecule has 5 nitrogen and oxygen atoms in total. The molecule has 1 saturated heterocycles. The quantitative estimate of drug-likeness (QED) is 0.635. The Morgan fingerprint density at radius 3 is 2.60 bits per heavy atom. The molecule has 0 aromatic heterocycles. The predicted octanol–water partition coefficient (Wildman–Crippen LogP) is 1.77. The second kappa shape index (κ2) is 8.95. The number of carbonyl (C=O) groups excluding carboxylic acids is 1. The molecule has 3 N–H and O–H groups in total. The van der Waals surface area contributed by atoms with E-state index in [9.17, 15) is 9.59 Å². The van der Waals surface area contributed by atoms with Crippen molar-refractivity contribution in [1.29, 1.82) is 0 Å². The number of piperidine rings is 1. The van der Waals surface area contributed by atoms with Crippen molar-refractivity contribution in [3.05, 3.63) is 0 Å². The molecule has 0 aliphatic carbocycles. The van der Waals surface area contributed by atoms with E-state index >= 15 is 0 Å². The normalized spacial score (nSPS) is 20.6. The first kappa shape index (κ1) is 17.0. The highest BCUT2D eigenvalue weighted by molar-refractivity contribution is 5.81. The van der Waals surface area contributed by atoms with Gasteiger partial charge < -0.3 is 15.7 Å². The fraction of sp³-hybridized carbons (Fsp3) is 0.867. The minimum Gasteiger partial charge on any atom is -0.481 e.